The van der Waals surface area contributed by atoms with E-state index in [0.717, 1.165) is 11.3 Å². The molecule has 0 aromatic carbocycles. The Kier molecular flexibility index (Phi) is 2.19. The van der Waals surface area contributed by atoms with Gasteiger partial charge in [0, 0.05) is 17.7 Å². The molecule has 2 rings (SSSR count). The van der Waals surface area contributed by atoms with Crippen LogP contribution in [0.4, 0.5) is 0 Å². The molecular weight excluding hydrogens is 176 g/mol. The molecule has 0 bridgehead atoms. The van der Waals surface area contributed by atoms with Crippen LogP contribution in [0.25, 0.3) is 5.65 Å². The van der Waals surface area contributed by atoms with Crippen molar-refractivity contribution in [3.05, 3.63) is 24.4 Å². The lowest BCUT2D eigenvalue weighted by Gasteiger charge is -2.14. The number of rotatable bonds is 2. The SMILES string of the molecule is CC(C)C(C)c1cc2nncn2cn1. The maximum atomic E-state index is 4.38. The van der Waals surface area contributed by atoms with Crippen molar-refractivity contribution < 1.29 is 0 Å². The van der Waals surface area contributed by atoms with E-state index in [1.807, 2.05) is 10.5 Å². The van der Waals surface area contributed by atoms with Crippen molar-refractivity contribution in [1.82, 2.24) is 19.6 Å². The van der Waals surface area contributed by atoms with Gasteiger partial charge in [0.1, 0.15) is 12.7 Å². The Labute approximate surface area is 83.0 Å². The second kappa shape index (κ2) is 3.36. The lowest BCUT2D eigenvalue weighted by molar-refractivity contribution is 0.523. The summed E-state index contributed by atoms with van der Waals surface area (Å²) in [5, 5.41) is 7.81. The zero-order valence-corrected chi connectivity index (χ0v) is 8.68. The number of nitrogens with zero attached hydrogens (tertiary/aromatic N) is 4. The molecule has 0 fully saturated rings. The van der Waals surface area contributed by atoms with Gasteiger partial charge in [-0.1, -0.05) is 20.8 Å². The van der Waals surface area contributed by atoms with Gasteiger partial charge in [-0.25, -0.2) is 4.98 Å². The van der Waals surface area contributed by atoms with E-state index < -0.39 is 0 Å². The average molecular weight is 190 g/mol. The molecule has 14 heavy (non-hydrogen) atoms. The molecule has 0 spiro atoms. The van der Waals surface area contributed by atoms with Crippen LogP contribution in [-0.2, 0) is 0 Å². The van der Waals surface area contributed by atoms with Crippen LogP contribution in [0.3, 0.4) is 0 Å². The number of fused-ring (bicyclic) bond motifs is 1. The van der Waals surface area contributed by atoms with E-state index in [1.165, 1.54) is 0 Å². The summed E-state index contributed by atoms with van der Waals surface area (Å²) in [6.45, 7) is 6.57. The van der Waals surface area contributed by atoms with Crippen LogP contribution < -0.4 is 0 Å². The van der Waals surface area contributed by atoms with E-state index in [1.54, 1.807) is 12.7 Å². The van der Waals surface area contributed by atoms with Gasteiger partial charge < -0.3 is 0 Å². The van der Waals surface area contributed by atoms with Gasteiger partial charge >= 0.3 is 0 Å². The molecule has 0 aliphatic heterocycles. The van der Waals surface area contributed by atoms with E-state index in [2.05, 4.69) is 36.0 Å². The predicted octanol–water partition coefficient (Wildman–Crippen LogP) is 1.88. The monoisotopic (exact) mass is 190 g/mol. The molecule has 2 aromatic heterocycles. The standard InChI is InChI=1S/C10H14N4/c1-7(2)8(3)9-4-10-13-12-6-14(10)5-11-9/h4-8H,1-3H3. The van der Waals surface area contributed by atoms with Crippen molar-refractivity contribution in [3.8, 4) is 0 Å². The lowest BCUT2D eigenvalue weighted by Crippen LogP contribution is -2.05. The summed E-state index contributed by atoms with van der Waals surface area (Å²) in [5.41, 5.74) is 1.95. The first-order valence-electron chi connectivity index (χ1n) is 4.84. The van der Waals surface area contributed by atoms with Crippen LogP contribution in [0.2, 0.25) is 0 Å². The zero-order valence-electron chi connectivity index (χ0n) is 8.68. The van der Waals surface area contributed by atoms with Gasteiger partial charge in [0.25, 0.3) is 0 Å². The molecule has 74 valence electrons. The highest BCUT2D eigenvalue weighted by Crippen LogP contribution is 2.21. The van der Waals surface area contributed by atoms with Crippen LogP contribution >= 0.6 is 0 Å². The Hall–Kier alpha value is -1.45. The topological polar surface area (TPSA) is 43.1 Å². The second-order valence-electron chi connectivity index (χ2n) is 3.94. The fourth-order valence-corrected chi connectivity index (χ4v) is 1.33. The zero-order chi connectivity index (χ0) is 10.1. The summed E-state index contributed by atoms with van der Waals surface area (Å²) in [6, 6.07) is 2.00. The third-order valence-electron chi connectivity index (χ3n) is 2.68. The van der Waals surface area contributed by atoms with Gasteiger partial charge in [-0.15, -0.1) is 10.2 Å². The molecule has 0 N–H and O–H groups in total. The molecular formula is C10H14N4. The van der Waals surface area contributed by atoms with E-state index in [9.17, 15) is 0 Å². The summed E-state index contributed by atoms with van der Waals surface area (Å²) in [5.74, 6) is 1.05. The highest BCUT2D eigenvalue weighted by molar-refractivity contribution is 5.37. The molecule has 0 aliphatic carbocycles. The third-order valence-corrected chi connectivity index (χ3v) is 2.68. The number of hydrogen-bond acceptors (Lipinski definition) is 3. The molecule has 0 amide bonds. The van der Waals surface area contributed by atoms with Crippen molar-refractivity contribution in [2.24, 2.45) is 5.92 Å². The minimum atomic E-state index is 0.455. The fourth-order valence-electron chi connectivity index (χ4n) is 1.33. The van der Waals surface area contributed by atoms with Crippen molar-refractivity contribution >= 4 is 5.65 Å². The fraction of sp³-hybridized carbons (Fsp3) is 0.500. The van der Waals surface area contributed by atoms with Gasteiger partial charge in [0.15, 0.2) is 5.65 Å². The molecule has 0 saturated heterocycles. The van der Waals surface area contributed by atoms with E-state index in [4.69, 9.17) is 0 Å². The van der Waals surface area contributed by atoms with E-state index in [-0.39, 0.29) is 0 Å². The first kappa shape index (κ1) is 9.12. The molecule has 4 heteroatoms. The minimum absolute atomic E-state index is 0.455. The molecule has 0 radical (unpaired) electrons. The highest BCUT2D eigenvalue weighted by atomic mass is 15.2. The summed E-state index contributed by atoms with van der Waals surface area (Å²) in [7, 11) is 0. The lowest BCUT2D eigenvalue weighted by atomic mass is 9.94. The normalized spacial score (nSPS) is 13.7. The minimum Gasteiger partial charge on any atom is -0.272 e. The third kappa shape index (κ3) is 1.47. The van der Waals surface area contributed by atoms with Gasteiger partial charge in [-0.2, -0.15) is 0 Å². The average Bonchev–Trinajstić information content (AvgIpc) is 2.62. The second-order valence-corrected chi connectivity index (χ2v) is 3.94. The quantitative estimate of drug-likeness (QED) is 0.726. The maximum absolute atomic E-state index is 4.38. The first-order chi connectivity index (χ1) is 6.68. The first-order valence-corrected chi connectivity index (χ1v) is 4.84. The Morgan fingerprint density at radius 3 is 2.71 bits per heavy atom. The summed E-state index contributed by atoms with van der Waals surface area (Å²) < 4.78 is 1.82. The largest absolute Gasteiger partial charge is 0.272 e. The molecule has 2 heterocycles. The maximum Gasteiger partial charge on any atom is 0.163 e. The van der Waals surface area contributed by atoms with Crippen molar-refractivity contribution in [2.75, 3.05) is 0 Å². The number of aromatic nitrogens is 4. The smallest absolute Gasteiger partial charge is 0.163 e. The van der Waals surface area contributed by atoms with Gasteiger partial charge in [-0.3, -0.25) is 4.40 Å². The predicted molar refractivity (Wildman–Crippen MR) is 54.0 cm³/mol. The van der Waals surface area contributed by atoms with Crippen molar-refractivity contribution in [3.63, 3.8) is 0 Å². The van der Waals surface area contributed by atoms with Crippen LogP contribution in [0.1, 0.15) is 32.4 Å². The van der Waals surface area contributed by atoms with E-state index >= 15 is 0 Å². The number of hydrogen-bond donors (Lipinski definition) is 0. The Bertz CT molecular complexity index is 432. The van der Waals surface area contributed by atoms with Crippen LogP contribution in [0.15, 0.2) is 18.7 Å². The van der Waals surface area contributed by atoms with Crippen LogP contribution in [0.5, 0.6) is 0 Å². The summed E-state index contributed by atoms with van der Waals surface area (Å²) >= 11 is 0. The Balaban J connectivity index is 2.43. The Morgan fingerprint density at radius 2 is 2.00 bits per heavy atom. The van der Waals surface area contributed by atoms with Gasteiger partial charge in [0.05, 0.1) is 0 Å². The molecule has 2 aromatic rings. The molecule has 1 atom stereocenters. The van der Waals surface area contributed by atoms with Gasteiger partial charge in [0.2, 0.25) is 0 Å². The Morgan fingerprint density at radius 1 is 1.21 bits per heavy atom. The van der Waals surface area contributed by atoms with Gasteiger partial charge in [-0.05, 0) is 5.92 Å². The molecule has 4 nitrogen and oxygen atoms in total. The molecule has 0 aliphatic rings. The summed E-state index contributed by atoms with van der Waals surface area (Å²) in [6.07, 6.45) is 3.43. The molecule has 1 unspecified atom stereocenters. The van der Waals surface area contributed by atoms with Crippen molar-refractivity contribution in [1.29, 1.82) is 0 Å². The highest BCUT2D eigenvalue weighted by Gasteiger charge is 2.12. The summed E-state index contributed by atoms with van der Waals surface area (Å²) in [4.78, 5) is 4.38. The molecule has 0 saturated carbocycles. The van der Waals surface area contributed by atoms with Crippen LogP contribution in [-0.4, -0.2) is 19.6 Å². The van der Waals surface area contributed by atoms with Crippen molar-refractivity contribution in [2.45, 2.75) is 26.7 Å². The van der Waals surface area contributed by atoms with E-state index in [0.29, 0.717) is 11.8 Å². The van der Waals surface area contributed by atoms with Crippen LogP contribution in [0, 0.1) is 5.92 Å².